The van der Waals surface area contributed by atoms with Crippen molar-refractivity contribution in [2.24, 2.45) is 0 Å². The number of hydrogen-bond acceptors (Lipinski definition) is 5. The highest BCUT2D eigenvalue weighted by Crippen LogP contribution is 2.30. The van der Waals surface area contributed by atoms with Gasteiger partial charge in [0.2, 0.25) is 5.95 Å². The van der Waals surface area contributed by atoms with Crippen LogP contribution in [0.25, 0.3) is 11.4 Å². The number of nitrogens with zero attached hydrogens (tertiary/aromatic N) is 3. The average Bonchev–Trinajstić information content (AvgIpc) is 2.61. The predicted molar refractivity (Wildman–Crippen MR) is 113 cm³/mol. The van der Waals surface area contributed by atoms with Crippen molar-refractivity contribution in [2.75, 3.05) is 10.6 Å². The first kappa shape index (κ1) is 19.1. The van der Waals surface area contributed by atoms with Crippen LogP contribution in [0, 0.1) is 13.8 Å². The molecule has 3 aromatic rings. The molecule has 0 amide bonds. The molecule has 5 nitrogen and oxygen atoms in total. The van der Waals surface area contributed by atoms with Crippen molar-refractivity contribution in [3.8, 4) is 11.4 Å². The molecular weight excluding hydrogens is 358 g/mol. The molecule has 2 N–H and O–H groups in total. The molecule has 3 rings (SSSR count). The molecule has 1 aromatic carbocycles. The number of aromatic nitrogens is 3. The van der Waals surface area contributed by atoms with Gasteiger partial charge >= 0.3 is 0 Å². The molecule has 0 unspecified atom stereocenters. The summed E-state index contributed by atoms with van der Waals surface area (Å²) in [7, 11) is 0. The summed E-state index contributed by atoms with van der Waals surface area (Å²) in [5.74, 6) is 1.23. The van der Waals surface area contributed by atoms with Gasteiger partial charge in [0.1, 0.15) is 5.82 Å². The molecule has 6 heteroatoms. The van der Waals surface area contributed by atoms with Crippen LogP contribution in [0.4, 0.5) is 17.5 Å². The van der Waals surface area contributed by atoms with Crippen LogP contribution in [0.1, 0.15) is 31.9 Å². The summed E-state index contributed by atoms with van der Waals surface area (Å²) in [4.78, 5) is 13.7. The summed E-state index contributed by atoms with van der Waals surface area (Å²) < 4.78 is 0. The monoisotopic (exact) mass is 381 g/mol. The third kappa shape index (κ3) is 4.74. The molecule has 0 saturated carbocycles. The van der Waals surface area contributed by atoms with Gasteiger partial charge in [0.05, 0.1) is 11.4 Å². The highest BCUT2D eigenvalue weighted by molar-refractivity contribution is 6.31. The smallest absolute Gasteiger partial charge is 0.225 e. The molecule has 140 valence electrons. The number of benzene rings is 1. The van der Waals surface area contributed by atoms with E-state index in [9.17, 15) is 0 Å². The minimum absolute atomic E-state index is 0.165. The molecule has 0 spiro atoms. The predicted octanol–water partition coefficient (Wildman–Crippen LogP) is 5.76. The fourth-order valence-corrected chi connectivity index (χ4v) is 2.85. The van der Waals surface area contributed by atoms with Gasteiger partial charge in [-0.25, -0.2) is 4.98 Å². The largest absolute Gasteiger partial charge is 0.350 e. The van der Waals surface area contributed by atoms with E-state index in [0.717, 1.165) is 33.2 Å². The molecule has 0 atom stereocenters. The van der Waals surface area contributed by atoms with Crippen LogP contribution < -0.4 is 10.6 Å². The van der Waals surface area contributed by atoms with Gasteiger partial charge in [0, 0.05) is 28.5 Å². The maximum absolute atomic E-state index is 6.30. The number of hydrogen-bond donors (Lipinski definition) is 2. The Kier molecular flexibility index (Phi) is 5.33. The zero-order valence-electron chi connectivity index (χ0n) is 16.3. The van der Waals surface area contributed by atoms with Crippen LogP contribution in [0.5, 0.6) is 0 Å². The molecule has 0 aliphatic heterocycles. The lowest BCUT2D eigenvalue weighted by Crippen LogP contribution is -2.27. The maximum Gasteiger partial charge on any atom is 0.225 e. The van der Waals surface area contributed by atoms with Gasteiger partial charge in [0.15, 0.2) is 0 Å². The third-order valence-corrected chi connectivity index (χ3v) is 4.41. The molecule has 0 saturated heterocycles. The van der Waals surface area contributed by atoms with Crippen LogP contribution in [0.2, 0.25) is 5.02 Å². The Labute approximate surface area is 165 Å². The second kappa shape index (κ2) is 7.53. The summed E-state index contributed by atoms with van der Waals surface area (Å²) in [6.45, 7) is 10.3. The van der Waals surface area contributed by atoms with Crippen LogP contribution >= 0.6 is 11.6 Å². The molecule has 0 fully saturated rings. The fraction of sp³-hybridized carbons (Fsp3) is 0.286. The molecule has 0 bridgehead atoms. The lowest BCUT2D eigenvalue weighted by Gasteiger charge is -2.21. The number of anilines is 3. The molecule has 2 aromatic heterocycles. The molecule has 0 radical (unpaired) electrons. The lowest BCUT2D eigenvalue weighted by molar-refractivity contribution is 0.626. The quantitative estimate of drug-likeness (QED) is 0.601. The topological polar surface area (TPSA) is 62.7 Å². The van der Waals surface area contributed by atoms with Crippen LogP contribution in [0.15, 0.2) is 42.6 Å². The Hall–Kier alpha value is -2.66. The zero-order valence-corrected chi connectivity index (χ0v) is 17.0. The molecule has 0 aliphatic rings. The van der Waals surface area contributed by atoms with Crippen molar-refractivity contribution in [3.05, 3.63) is 58.7 Å². The highest BCUT2D eigenvalue weighted by Gasteiger charge is 2.15. The Bertz CT molecular complexity index is 949. The normalized spacial score (nSPS) is 11.3. The molecule has 2 heterocycles. The molecule has 0 aliphatic carbocycles. The van der Waals surface area contributed by atoms with E-state index < -0.39 is 0 Å². The van der Waals surface area contributed by atoms with Gasteiger partial charge in [-0.15, -0.1) is 0 Å². The van der Waals surface area contributed by atoms with E-state index in [2.05, 4.69) is 46.4 Å². The van der Waals surface area contributed by atoms with Crippen molar-refractivity contribution in [1.82, 2.24) is 15.0 Å². The minimum atomic E-state index is -0.165. The fourth-order valence-electron chi connectivity index (χ4n) is 2.69. The number of rotatable bonds is 4. The van der Waals surface area contributed by atoms with Gasteiger partial charge in [-0.05, 0) is 63.9 Å². The van der Waals surface area contributed by atoms with E-state index >= 15 is 0 Å². The average molecular weight is 382 g/mol. The highest BCUT2D eigenvalue weighted by atomic mass is 35.5. The van der Waals surface area contributed by atoms with Gasteiger partial charge in [-0.1, -0.05) is 23.7 Å². The molecule has 27 heavy (non-hydrogen) atoms. The van der Waals surface area contributed by atoms with Gasteiger partial charge in [-0.3, -0.25) is 4.98 Å². The maximum atomic E-state index is 6.30. The summed E-state index contributed by atoms with van der Waals surface area (Å²) in [5.41, 5.74) is 4.41. The van der Waals surface area contributed by atoms with E-state index in [1.807, 2.05) is 50.2 Å². The zero-order chi connectivity index (χ0) is 19.6. The van der Waals surface area contributed by atoms with Crippen molar-refractivity contribution in [1.29, 1.82) is 0 Å². The second-order valence-electron chi connectivity index (χ2n) is 7.54. The van der Waals surface area contributed by atoms with Gasteiger partial charge in [-0.2, -0.15) is 4.98 Å². The number of nitrogens with one attached hydrogen (secondary N) is 2. The SMILES string of the molecule is Cc1ccc(Cl)c(C)c1Nc1cc(-c2ccccn2)nc(NC(C)(C)C)n1. The van der Waals surface area contributed by atoms with Crippen molar-refractivity contribution in [2.45, 2.75) is 40.2 Å². The van der Waals surface area contributed by atoms with Crippen LogP contribution in [-0.2, 0) is 0 Å². The second-order valence-corrected chi connectivity index (χ2v) is 7.95. The van der Waals surface area contributed by atoms with E-state index in [-0.39, 0.29) is 5.54 Å². The number of pyridine rings is 1. The first-order valence-electron chi connectivity index (χ1n) is 8.84. The summed E-state index contributed by atoms with van der Waals surface area (Å²) in [6.07, 6.45) is 1.76. The lowest BCUT2D eigenvalue weighted by atomic mass is 10.1. The van der Waals surface area contributed by atoms with Crippen LogP contribution in [0.3, 0.4) is 0 Å². The Morgan fingerprint density at radius 2 is 1.74 bits per heavy atom. The van der Waals surface area contributed by atoms with Gasteiger partial charge < -0.3 is 10.6 Å². The first-order valence-corrected chi connectivity index (χ1v) is 9.22. The number of halogens is 1. The van der Waals surface area contributed by atoms with Crippen LogP contribution in [-0.4, -0.2) is 20.5 Å². The first-order chi connectivity index (χ1) is 12.7. The Morgan fingerprint density at radius 1 is 0.963 bits per heavy atom. The van der Waals surface area contributed by atoms with Gasteiger partial charge in [0.25, 0.3) is 0 Å². The minimum Gasteiger partial charge on any atom is -0.350 e. The van der Waals surface area contributed by atoms with E-state index in [4.69, 9.17) is 11.6 Å². The van der Waals surface area contributed by atoms with Crippen molar-refractivity contribution in [3.63, 3.8) is 0 Å². The number of aryl methyl sites for hydroxylation is 1. The Morgan fingerprint density at radius 3 is 2.41 bits per heavy atom. The Balaban J connectivity index is 2.07. The van der Waals surface area contributed by atoms with Crippen molar-refractivity contribution >= 4 is 29.1 Å². The summed E-state index contributed by atoms with van der Waals surface area (Å²) >= 11 is 6.30. The third-order valence-electron chi connectivity index (χ3n) is 4.00. The van der Waals surface area contributed by atoms with Crippen molar-refractivity contribution < 1.29 is 0 Å². The van der Waals surface area contributed by atoms with E-state index in [1.54, 1.807) is 6.20 Å². The molecular formula is C21H24ClN5. The van der Waals surface area contributed by atoms with E-state index in [0.29, 0.717) is 11.8 Å². The van der Waals surface area contributed by atoms with E-state index in [1.165, 1.54) is 0 Å². The standard InChI is InChI=1S/C21H24ClN5/c1-13-9-10-15(22)14(2)19(13)25-18-12-17(16-8-6-7-11-23-16)24-20(26-18)27-21(3,4)5/h6-12H,1-5H3,(H2,24,25,26,27). The summed E-state index contributed by atoms with van der Waals surface area (Å²) in [6, 6.07) is 11.6. The summed E-state index contributed by atoms with van der Waals surface area (Å²) in [5, 5.41) is 7.47.